The molecule has 0 aliphatic carbocycles. The summed E-state index contributed by atoms with van der Waals surface area (Å²) in [6, 6.07) is 4.81. The van der Waals surface area contributed by atoms with Crippen LogP contribution in [0.2, 0.25) is 0 Å². The fourth-order valence-electron chi connectivity index (χ4n) is 1.82. The van der Waals surface area contributed by atoms with E-state index in [1.165, 1.54) is 29.2 Å². The van der Waals surface area contributed by atoms with Gasteiger partial charge in [0, 0.05) is 13.0 Å². The predicted octanol–water partition coefficient (Wildman–Crippen LogP) is 2.44. The second-order valence-corrected chi connectivity index (χ2v) is 4.62. The number of carbonyl (C=O) groups is 1. The molecule has 0 saturated carbocycles. The maximum Gasteiger partial charge on any atom is 0.416 e. The molecular weight excluding hydrogens is 297 g/mol. The van der Waals surface area contributed by atoms with Gasteiger partial charge in [-0.05, 0) is 25.2 Å². The van der Waals surface area contributed by atoms with Crippen molar-refractivity contribution in [1.82, 2.24) is 15.1 Å². The first kappa shape index (κ1) is 16.0. The lowest BCUT2D eigenvalue weighted by Crippen LogP contribution is -2.18. The third-order valence-corrected chi connectivity index (χ3v) is 2.91. The monoisotopic (exact) mass is 312 g/mol. The number of rotatable bonds is 5. The Balaban J connectivity index is 2.13. The average molecular weight is 312 g/mol. The molecule has 0 radical (unpaired) electrons. The molecule has 5 nitrogen and oxygen atoms in total. The van der Waals surface area contributed by atoms with Gasteiger partial charge in [0.25, 0.3) is 0 Å². The number of halogens is 3. The summed E-state index contributed by atoms with van der Waals surface area (Å²) in [5.74, 6) is -0.196. The van der Waals surface area contributed by atoms with Crippen LogP contribution in [0.4, 0.5) is 18.9 Å². The summed E-state index contributed by atoms with van der Waals surface area (Å²) in [5, 5.41) is 9.44. The first-order valence-corrected chi connectivity index (χ1v) is 6.57. The number of hydrogen-bond acceptors (Lipinski definition) is 3. The van der Waals surface area contributed by atoms with Crippen LogP contribution in [0.1, 0.15) is 12.0 Å². The zero-order valence-electron chi connectivity index (χ0n) is 11.8. The first-order chi connectivity index (χ1) is 10.4. The highest BCUT2D eigenvalue weighted by Gasteiger charge is 2.30. The average Bonchev–Trinajstić information content (AvgIpc) is 2.93. The molecule has 1 aromatic heterocycles. The number of alkyl halides is 3. The molecule has 8 heteroatoms. The van der Waals surface area contributed by atoms with Crippen molar-refractivity contribution >= 4 is 11.6 Å². The van der Waals surface area contributed by atoms with Gasteiger partial charge in [0.1, 0.15) is 0 Å². The summed E-state index contributed by atoms with van der Waals surface area (Å²) in [7, 11) is 1.74. The van der Waals surface area contributed by atoms with Gasteiger partial charge in [-0.2, -0.15) is 18.3 Å². The van der Waals surface area contributed by atoms with Crippen molar-refractivity contribution in [3.8, 4) is 5.69 Å². The Morgan fingerprint density at radius 3 is 2.82 bits per heavy atom. The Morgan fingerprint density at radius 1 is 1.36 bits per heavy atom. The zero-order valence-corrected chi connectivity index (χ0v) is 11.8. The lowest BCUT2D eigenvalue weighted by molar-refractivity contribution is -0.137. The van der Waals surface area contributed by atoms with Crippen LogP contribution in [0.15, 0.2) is 36.7 Å². The SMILES string of the molecule is CNCCC(=O)Nc1cnn(-c2cccc(C(F)(F)F)c2)c1. The lowest BCUT2D eigenvalue weighted by Gasteiger charge is -2.08. The normalized spacial score (nSPS) is 11.5. The number of benzene rings is 1. The Labute approximate surface area is 125 Å². The fourth-order valence-corrected chi connectivity index (χ4v) is 1.82. The second kappa shape index (κ2) is 6.61. The van der Waals surface area contributed by atoms with Crippen LogP contribution in [0, 0.1) is 0 Å². The van der Waals surface area contributed by atoms with E-state index in [1.807, 2.05) is 0 Å². The number of amides is 1. The highest BCUT2D eigenvalue weighted by molar-refractivity contribution is 5.90. The molecule has 0 aliphatic rings. The van der Waals surface area contributed by atoms with Crippen molar-refractivity contribution in [1.29, 1.82) is 0 Å². The van der Waals surface area contributed by atoms with E-state index in [4.69, 9.17) is 0 Å². The molecule has 118 valence electrons. The number of nitrogens with one attached hydrogen (secondary N) is 2. The Kier molecular flexibility index (Phi) is 4.81. The molecule has 1 amide bonds. The maximum atomic E-state index is 12.7. The van der Waals surface area contributed by atoms with Gasteiger partial charge >= 0.3 is 6.18 Å². The number of carbonyl (C=O) groups excluding carboxylic acids is 1. The molecule has 1 aromatic carbocycles. The van der Waals surface area contributed by atoms with Crippen molar-refractivity contribution < 1.29 is 18.0 Å². The van der Waals surface area contributed by atoms with Crippen molar-refractivity contribution in [2.45, 2.75) is 12.6 Å². The van der Waals surface area contributed by atoms with Crippen LogP contribution >= 0.6 is 0 Å². The molecule has 2 rings (SSSR count). The van der Waals surface area contributed by atoms with Crippen molar-refractivity contribution in [3.05, 3.63) is 42.2 Å². The molecule has 0 atom stereocenters. The van der Waals surface area contributed by atoms with Crippen LogP contribution in [-0.4, -0.2) is 29.3 Å². The van der Waals surface area contributed by atoms with Crippen LogP contribution in [0.5, 0.6) is 0 Å². The molecule has 2 aromatic rings. The van der Waals surface area contributed by atoms with E-state index < -0.39 is 11.7 Å². The van der Waals surface area contributed by atoms with Crippen LogP contribution in [0.3, 0.4) is 0 Å². The zero-order chi connectivity index (χ0) is 16.2. The van der Waals surface area contributed by atoms with Crippen LogP contribution < -0.4 is 10.6 Å². The topological polar surface area (TPSA) is 59.0 Å². The van der Waals surface area contributed by atoms with Gasteiger partial charge in [0.15, 0.2) is 0 Å². The Morgan fingerprint density at radius 2 is 2.14 bits per heavy atom. The Hall–Kier alpha value is -2.35. The van der Waals surface area contributed by atoms with Crippen molar-refractivity contribution in [2.75, 3.05) is 18.9 Å². The van der Waals surface area contributed by atoms with Crippen LogP contribution in [0.25, 0.3) is 5.69 Å². The minimum Gasteiger partial charge on any atom is -0.323 e. The third kappa shape index (κ3) is 4.08. The molecule has 2 N–H and O–H groups in total. The number of nitrogens with zero attached hydrogens (tertiary/aromatic N) is 2. The van der Waals surface area contributed by atoms with E-state index in [0.29, 0.717) is 18.7 Å². The molecule has 0 spiro atoms. The first-order valence-electron chi connectivity index (χ1n) is 6.57. The standard InChI is InChI=1S/C14H15F3N4O/c1-18-6-5-13(22)20-11-8-19-21(9-11)12-4-2-3-10(7-12)14(15,16)17/h2-4,7-9,18H,5-6H2,1H3,(H,20,22). The molecule has 0 bridgehead atoms. The minimum absolute atomic E-state index is 0.196. The van der Waals surface area contributed by atoms with Gasteiger partial charge < -0.3 is 10.6 Å². The summed E-state index contributed by atoms with van der Waals surface area (Å²) in [4.78, 5) is 11.6. The van der Waals surface area contributed by atoms with Gasteiger partial charge in [-0.25, -0.2) is 4.68 Å². The Bertz CT molecular complexity index is 652. The summed E-state index contributed by atoms with van der Waals surface area (Å²) >= 11 is 0. The van der Waals surface area contributed by atoms with E-state index in [2.05, 4.69) is 15.7 Å². The molecule has 0 aliphatic heterocycles. The van der Waals surface area contributed by atoms with Crippen LogP contribution in [-0.2, 0) is 11.0 Å². The van der Waals surface area contributed by atoms with E-state index in [1.54, 1.807) is 7.05 Å². The van der Waals surface area contributed by atoms with Gasteiger partial charge in [0.2, 0.25) is 5.91 Å². The van der Waals surface area contributed by atoms with Crippen molar-refractivity contribution in [2.24, 2.45) is 0 Å². The predicted molar refractivity (Wildman–Crippen MR) is 75.7 cm³/mol. The van der Waals surface area contributed by atoms with E-state index in [9.17, 15) is 18.0 Å². The highest BCUT2D eigenvalue weighted by atomic mass is 19.4. The van der Waals surface area contributed by atoms with Crippen molar-refractivity contribution in [3.63, 3.8) is 0 Å². The minimum atomic E-state index is -4.41. The summed E-state index contributed by atoms with van der Waals surface area (Å²) < 4.78 is 39.3. The molecule has 0 saturated heterocycles. The third-order valence-electron chi connectivity index (χ3n) is 2.91. The number of aromatic nitrogens is 2. The quantitative estimate of drug-likeness (QED) is 0.891. The van der Waals surface area contributed by atoms with E-state index in [0.717, 1.165) is 12.1 Å². The van der Waals surface area contributed by atoms with Gasteiger partial charge in [0.05, 0.1) is 29.3 Å². The van der Waals surface area contributed by atoms with E-state index in [-0.39, 0.29) is 11.6 Å². The molecule has 1 heterocycles. The molecule has 0 fully saturated rings. The fraction of sp³-hybridized carbons (Fsp3) is 0.286. The summed E-state index contributed by atoms with van der Waals surface area (Å²) in [6.07, 6.45) is -1.26. The second-order valence-electron chi connectivity index (χ2n) is 4.62. The summed E-state index contributed by atoms with van der Waals surface area (Å²) in [5.41, 5.74) is -0.0517. The largest absolute Gasteiger partial charge is 0.416 e. The number of anilines is 1. The van der Waals surface area contributed by atoms with Gasteiger partial charge in [-0.1, -0.05) is 6.07 Å². The molecule has 0 unspecified atom stereocenters. The lowest BCUT2D eigenvalue weighted by atomic mass is 10.2. The molecule has 22 heavy (non-hydrogen) atoms. The van der Waals surface area contributed by atoms with E-state index >= 15 is 0 Å². The maximum absolute atomic E-state index is 12.7. The van der Waals surface area contributed by atoms with Gasteiger partial charge in [-0.15, -0.1) is 0 Å². The highest BCUT2D eigenvalue weighted by Crippen LogP contribution is 2.30. The van der Waals surface area contributed by atoms with Gasteiger partial charge in [-0.3, -0.25) is 4.79 Å². The molecular formula is C14H15F3N4O. The number of hydrogen-bond donors (Lipinski definition) is 2. The smallest absolute Gasteiger partial charge is 0.323 e. The summed E-state index contributed by atoms with van der Waals surface area (Å²) in [6.45, 7) is 0.535.